The van der Waals surface area contributed by atoms with E-state index in [1.165, 1.54) is 26.4 Å². The first-order valence-corrected chi connectivity index (χ1v) is 8.41. The van der Waals surface area contributed by atoms with Gasteiger partial charge in [0.1, 0.15) is 11.5 Å². The molecule has 0 unspecified atom stereocenters. The van der Waals surface area contributed by atoms with Gasteiger partial charge in [0.15, 0.2) is 0 Å². The zero-order valence-corrected chi connectivity index (χ0v) is 16.2. The predicted octanol–water partition coefficient (Wildman–Crippen LogP) is 3.74. The summed E-state index contributed by atoms with van der Waals surface area (Å²) in [6, 6.07) is 11.2. The van der Waals surface area contributed by atoms with Crippen LogP contribution in [0.15, 0.2) is 48.6 Å². The highest BCUT2D eigenvalue weighted by Crippen LogP contribution is 2.31. The number of benzene rings is 2. The molecule has 0 atom stereocenters. The number of hydrogen-bond acceptors (Lipinski definition) is 6. The zero-order chi connectivity index (χ0) is 20.5. The fourth-order valence-electron chi connectivity index (χ4n) is 2.54. The Morgan fingerprint density at radius 1 is 0.679 bits per heavy atom. The molecule has 6 heteroatoms. The summed E-state index contributed by atoms with van der Waals surface area (Å²) >= 11 is 0. The number of esters is 2. The molecular formula is C22H22O6. The van der Waals surface area contributed by atoms with Crippen LogP contribution in [0.5, 0.6) is 11.5 Å². The molecule has 2 aromatic rings. The summed E-state index contributed by atoms with van der Waals surface area (Å²) in [4.78, 5) is 22.8. The standard InChI is InChI=1S/C22H22O6/c1-25-19-9-5-15(13-17(19)7-11-21(23)27-3)16-6-10-20(26-2)18(14-16)8-12-22(24)28-4/h5-14H,1-4H3/b11-7+,12-8+. The van der Waals surface area contributed by atoms with Crippen LogP contribution in [0.3, 0.4) is 0 Å². The lowest BCUT2D eigenvalue weighted by molar-refractivity contribution is -0.135. The lowest BCUT2D eigenvalue weighted by Crippen LogP contribution is -1.95. The summed E-state index contributed by atoms with van der Waals surface area (Å²) in [5, 5.41) is 0. The molecule has 0 amide bonds. The number of carbonyl (C=O) groups is 2. The molecule has 0 spiro atoms. The van der Waals surface area contributed by atoms with Crippen molar-refractivity contribution in [3.05, 3.63) is 59.7 Å². The first kappa shape index (κ1) is 20.8. The molecule has 0 saturated heterocycles. The molecule has 2 aromatic carbocycles. The Labute approximate surface area is 164 Å². The Bertz CT molecular complexity index is 836. The summed E-state index contributed by atoms with van der Waals surface area (Å²) in [5.74, 6) is 0.353. The summed E-state index contributed by atoms with van der Waals surface area (Å²) < 4.78 is 20.0. The van der Waals surface area contributed by atoms with Crippen molar-refractivity contribution in [3.63, 3.8) is 0 Å². The van der Waals surface area contributed by atoms with Crippen molar-refractivity contribution in [3.8, 4) is 22.6 Å². The third-order valence-corrected chi connectivity index (χ3v) is 3.99. The van der Waals surface area contributed by atoms with Crippen LogP contribution in [0.4, 0.5) is 0 Å². The molecule has 0 bridgehead atoms. The van der Waals surface area contributed by atoms with E-state index in [0.717, 1.165) is 22.3 Å². The average molecular weight is 382 g/mol. The van der Waals surface area contributed by atoms with Gasteiger partial charge in [-0.1, -0.05) is 12.1 Å². The van der Waals surface area contributed by atoms with E-state index in [-0.39, 0.29) is 0 Å². The van der Waals surface area contributed by atoms with Crippen LogP contribution in [0.25, 0.3) is 23.3 Å². The molecule has 0 saturated carbocycles. The third kappa shape index (κ3) is 5.23. The third-order valence-electron chi connectivity index (χ3n) is 3.99. The summed E-state index contributed by atoms with van der Waals surface area (Å²) in [7, 11) is 5.77. The minimum Gasteiger partial charge on any atom is -0.496 e. The highest BCUT2D eigenvalue weighted by molar-refractivity contribution is 5.89. The van der Waals surface area contributed by atoms with Crippen molar-refractivity contribution >= 4 is 24.1 Å². The van der Waals surface area contributed by atoms with Crippen molar-refractivity contribution in [2.75, 3.05) is 28.4 Å². The molecule has 2 rings (SSSR count). The largest absolute Gasteiger partial charge is 0.496 e. The predicted molar refractivity (Wildman–Crippen MR) is 107 cm³/mol. The van der Waals surface area contributed by atoms with E-state index in [0.29, 0.717) is 11.5 Å². The number of methoxy groups -OCH3 is 4. The van der Waals surface area contributed by atoms with Gasteiger partial charge >= 0.3 is 11.9 Å². The first-order valence-electron chi connectivity index (χ1n) is 8.41. The van der Waals surface area contributed by atoms with Crippen LogP contribution in [0.2, 0.25) is 0 Å². The number of carbonyl (C=O) groups excluding carboxylic acids is 2. The fraction of sp³-hybridized carbons (Fsp3) is 0.182. The molecule has 0 radical (unpaired) electrons. The van der Waals surface area contributed by atoms with E-state index in [2.05, 4.69) is 9.47 Å². The smallest absolute Gasteiger partial charge is 0.330 e. The van der Waals surface area contributed by atoms with Gasteiger partial charge in [-0.15, -0.1) is 0 Å². The second-order valence-corrected chi connectivity index (χ2v) is 5.63. The summed E-state index contributed by atoms with van der Waals surface area (Å²) in [5.41, 5.74) is 3.27. The first-order chi connectivity index (χ1) is 13.5. The maximum Gasteiger partial charge on any atom is 0.330 e. The van der Waals surface area contributed by atoms with Crippen LogP contribution in [-0.4, -0.2) is 40.4 Å². The minimum absolute atomic E-state index is 0.452. The van der Waals surface area contributed by atoms with Gasteiger partial charge in [-0.3, -0.25) is 0 Å². The topological polar surface area (TPSA) is 71.1 Å². The monoisotopic (exact) mass is 382 g/mol. The number of hydrogen-bond donors (Lipinski definition) is 0. The van der Waals surface area contributed by atoms with Crippen LogP contribution in [0, 0.1) is 0 Å². The second kappa shape index (κ2) is 9.97. The molecule has 0 aliphatic heterocycles. The maximum atomic E-state index is 11.4. The number of rotatable bonds is 7. The van der Waals surface area contributed by atoms with Gasteiger partial charge in [0.2, 0.25) is 0 Å². The van der Waals surface area contributed by atoms with Crippen LogP contribution in [-0.2, 0) is 19.1 Å². The van der Waals surface area contributed by atoms with Gasteiger partial charge in [0.05, 0.1) is 28.4 Å². The van der Waals surface area contributed by atoms with Crippen LogP contribution < -0.4 is 9.47 Å². The lowest BCUT2D eigenvalue weighted by Gasteiger charge is -2.11. The Morgan fingerprint density at radius 3 is 1.39 bits per heavy atom. The average Bonchev–Trinajstić information content (AvgIpc) is 2.75. The van der Waals surface area contributed by atoms with Gasteiger partial charge < -0.3 is 18.9 Å². The van der Waals surface area contributed by atoms with E-state index in [1.807, 2.05) is 36.4 Å². The zero-order valence-electron chi connectivity index (χ0n) is 16.2. The SMILES string of the molecule is COC(=O)/C=C/c1cc(-c2ccc(OC)c(/C=C/C(=O)OC)c2)ccc1OC. The van der Waals surface area contributed by atoms with Gasteiger partial charge in [-0.25, -0.2) is 9.59 Å². The molecule has 0 aromatic heterocycles. The van der Waals surface area contributed by atoms with Crippen molar-refractivity contribution in [1.82, 2.24) is 0 Å². The molecule has 0 aliphatic carbocycles. The van der Waals surface area contributed by atoms with E-state index >= 15 is 0 Å². The van der Waals surface area contributed by atoms with E-state index < -0.39 is 11.9 Å². The Morgan fingerprint density at radius 2 is 1.07 bits per heavy atom. The van der Waals surface area contributed by atoms with Crippen LogP contribution in [0.1, 0.15) is 11.1 Å². The summed E-state index contributed by atoms with van der Waals surface area (Å²) in [6.07, 6.45) is 5.94. The Hall–Kier alpha value is -3.54. The van der Waals surface area contributed by atoms with E-state index in [4.69, 9.17) is 9.47 Å². The van der Waals surface area contributed by atoms with Gasteiger partial charge in [-0.05, 0) is 47.5 Å². The highest BCUT2D eigenvalue weighted by atomic mass is 16.5. The van der Waals surface area contributed by atoms with Gasteiger partial charge in [0.25, 0.3) is 0 Å². The minimum atomic E-state index is -0.452. The fourth-order valence-corrected chi connectivity index (χ4v) is 2.54. The molecule has 0 N–H and O–H groups in total. The molecule has 0 aliphatic rings. The van der Waals surface area contributed by atoms with Crippen molar-refractivity contribution < 1.29 is 28.5 Å². The second-order valence-electron chi connectivity index (χ2n) is 5.63. The van der Waals surface area contributed by atoms with Crippen molar-refractivity contribution in [2.45, 2.75) is 0 Å². The Balaban J connectivity index is 2.46. The molecular weight excluding hydrogens is 360 g/mol. The molecule has 0 fully saturated rings. The molecule has 28 heavy (non-hydrogen) atoms. The molecule has 146 valence electrons. The number of ether oxygens (including phenoxy) is 4. The van der Waals surface area contributed by atoms with E-state index in [9.17, 15) is 9.59 Å². The normalized spacial score (nSPS) is 10.9. The van der Waals surface area contributed by atoms with E-state index in [1.54, 1.807) is 26.4 Å². The van der Waals surface area contributed by atoms with Crippen molar-refractivity contribution in [2.24, 2.45) is 0 Å². The van der Waals surface area contributed by atoms with Crippen molar-refractivity contribution in [1.29, 1.82) is 0 Å². The quantitative estimate of drug-likeness (QED) is 0.537. The van der Waals surface area contributed by atoms with Crippen LogP contribution >= 0.6 is 0 Å². The highest BCUT2D eigenvalue weighted by Gasteiger charge is 2.08. The Kier molecular flexibility index (Phi) is 7.39. The maximum absolute atomic E-state index is 11.4. The lowest BCUT2D eigenvalue weighted by atomic mass is 9.99. The van der Waals surface area contributed by atoms with Gasteiger partial charge in [0, 0.05) is 23.3 Å². The molecule has 0 heterocycles. The molecule has 6 nitrogen and oxygen atoms in total. The van der Waals surface area contributed by atoms with Gasteiger partial charge in [-0.2, -0.15) is 0 Å². The summed E-state index contributed by atoms with van der Waals surface area (Å²) in [6.45, 7) is 0.